The number of hydrogen-bond donors (Lipinski definition) is 1. The molecule has 0 unspecified atom stereocenters. The number of aromatic nitrogens is 1. The molecule has 2 rings (SSSR count). The molecule has 0 bridgehead atoms. The van der Waals surface area contributed by atoms with Crippen molar-refractivity contribution < 1.29 is 19.4 Å². The van der Waals surface area contributed by atoms with Crippen LogP contribution >= 0.6 is 0 Å². The minimum Gasteiger partial charge on any atom is -0.477 e. The van der Waals surface area contributed by atoms with Gasteiger partial charge < -0.3 is 5.11 Å². The van der Waals surface area contributed by atoms with Crippen LogP contribution in [0.1, 0.15) is 11.3 Å². The molecule has 0 saturated carbocycles. The molecule has 0 aliphatic heterocycles. The average Bonchev–Trinajstić information content (AvgIpc) is 2.46. The van der Waals surface area contributed by atoms with Gasteiger partial charge in [-0.2, -0.15) is 4.57 Å². The molecule has 1 aromatic carbocycles. The summed E-state index contributed by atoms with van der Waals surface area (Å²) >= 11 is 0. The summed E-state index contributed by atoms with van der Waals surface area (Å²) in [6.07, 6.45) is 4.91. The van der Waals surface area contributed by atoms with Crippen LogP contribution in [0.3, 0.4) is 0 Å². The van der Waals surface area contributed by atoms with Crippen LogP contribution < -0.4 is 4.57 Å². The first-order chi connectivity index (χ1) is 10.1. The zero-order valence-electron chi connectivity index (χ0n) is 11.0. The van der Waals surface area contributed by atoms with E-state index < -0.39 is 10.9 Å². The van der Waals surface area contributed by atoms with Gasteiger partial charge in [0.2, 0.25) is 12.2 Å². The van der Waals surface area contributed by atoms with Crippen molar-refractivity contribution in [2.24, 2.45) is 0 Å². The Balaban J connectivity index is 2.34. The topological polar surface area (TPSA) is 84.3 Å². The van der Waals surface area contributed by atoms with Crippen molar-refractivity contribution >= 4 is 23.8 Å². The average molecular weight is 285 g/mol. The molecular weight excluding hydrogens is 272 g/mol. The Morgan fingerprint density at radius 3 is 2.62 bits per heavy atom. The first-order valence-corrected chi connectivity index (χ1v) is 6.19. The van der Waals surface area contributed by atoms with Crippen molar-refractivity contribution in [3.8, 4) is 0 Å². The Bertz CT molecular complexity index is 710. The fourth-order valence-electron chi connectivity index (χ4n) is 1.90. The summed E-state index contributed by atoms with van der Waals surface area (Å²) in [6.45, 7) is -0.169. The highest BCUT2D eigenvalue weighted by molar-refractivity contribution is 5.72. The first kappa shape index (κ1) is 14.4. The Morgan fingerprint density at radius 1 is 1.19 bits per heavy atom. The molecule has 0 aliphatic rings. The Kier molecular flexibility index (Phi) is 4.40. The number of carbonyl (C=O) groups is 1. The largest absolute Gasteiger partial charge is 0.477 e. The van der Waals surface area contributed by atoms with Crippen LogP contribution in [-0.4, -0.2) is 16.0 Å². The zero-order valence-corrected chi connectivity index (χ0v) is 11.0. The van der Waals surface area contributed by atoms with Gasteiger partial charge in [0.15, 0.2) is 6.20 Å². The van der Waals surface area contributed by atoms with Crippen LogP contribution in [0.4, 0.5) is 5.69 Å². The molecule has 0 amide bonds. The molecule has 1 N–H and O–H groups in total. The zero-order chi connectivity index (χ0) is 15.2. The first-order valence-electron chi connectivity index (χ1n) is 6.19. The summed E-state index contributed by atoms with van der Waals surface area (Å²) in [6, 6.07) is 11.6. The fraction of sp³-hybridized carbons (Fsp3) is 0.0667. The molecule has 6 nitrogen and oxygen atoms in total. The lowest BCUT2D eigenvalue weighted by atomic mass is 10.1. The van der Waals surface area contributed by atoms with E-state index in [1.807, 2.05) is 0 Å². The van der Waals surface area contributed by atoms with E-state index in [0.717, 1.165) is 0 Å². The number of nitro groups is 1. The van der Waals surface area contributed by atoms with E-state index in [2.05, 4.69) is 0 Å². The van der Waals surface area contributed by atoms with Gasteiger partial charge >= 0.3 is 5.97 Å². The van der Waals surface area contributed by atoms with Gasteiger partial charge in [-0.25, -0.2) is 4.79 Å². The highest BCUT2D eigenvalue weighted by Gasteiger charge is 2.13. The summed E-state index contributed by atoms with van der Waals surface area (Å²) in [5.41, 5.74) is 1.13. The minimum absolute atomic E-state index is 0.00876. The van der Waals surface area contributed by atoms with E-state index in [4.69, 9.17) is 5.11 Å². The van der Waals surface area contributed by atoms with Crippen LogP contribution in [0.2, 0.25) is 0 Å². The number of benzene rings is 1. The number of hydrogen-bond acceptors (Lipinski definition) is 3. The van der Waals surface area contributed by atoms with Gasteiger partial charge in [0, 0.05) is 24.3 Å². The third kappa shape index (κ3) is 3.73. The lowest BCUT2D eigenvalue weighted by Crippen LogP contribution is -2.40. The second-order valence-corrected chi connectivity index (χ2v) is 4.30. The predicted octanol–water partition coefficient (Wildman–Crippen LogP) is 2.14. The summed E-state index contributed by atoms with van der Waals surface area (Å²) in [5.74, 6) is -0.952. The standard InChI is InChI=1S/C15H12N2O4/c18-15(19)11-16-10-4-3-6-13(16)9-8-12-5-1-2-7-14(12)17(20)21/h1-10H,11H2/p+1/b9-8+. The van der Waals surface area contributed by atoms with Crippen molar-refractivity contribution in [2.45, 2.75) is 6.54 Å². The molecule has 0 radical (unpaired) electrons. The normalized spacial score (nSPS) is 10.7. The van der Waals surface area contributed by atoms with Crippen molar-refractivity contribution in [3.05, 3.63) is 70.0 Å². The maximum Gasteiger partial charge on any atom is 0.370 e. The molecule has 2 aromatic rings. The van der Waals surface area contributed by atoms with Gasteiger partial charge in [0.05, 0.1) is 10.5 Å². The van der Waals surface area contributed by atoms with Gasteiger partial charge in [-0.3, -0.25) is 10.1 Å². The second-order valence-electron chi connectivity index (χ2n) is 4.30. The van der Waals surface area contributed by atoms with E-state index >= 15 is 0 Å². The third-order valence-electron chi connectivity index (χ3n) is 2.85. The van der Waals surface area contributed by atoms with Crippen molar-refractivity contribution in [1.29, 1.82) is 0 Å². The van der Waals surface area contributed by atoms with Gasteiger partial charge in [-0.05, 0) is 18.2 Å². The van der Waals surface area contributed by atoms with Crippen LogP contribution in [0.25, 0.3) is 12.2 Å². The molecule has 1 aromatic heterocycles. The molecule has 6 heteroatoms. The SMILES string of the molecule is O=C(O)C[n+]1ccccc1/C=C/c1ccccc1[N+](=O)[O-]. The minimum atomic E-state index is -0.952. The molecular formula is C15H13N2O4+. The molecule has 0 fully saturated rings. The number of rotatable bonds is 5. The van der Waals surface area contributed by atoms with Gasteiger partial charge in [0.25, 0.3) is 5.69 Å². The quantitative estimate of drug-likeness (QED) is 0.518. The third-order valence-corrected chi connectivity index (χ3v) is 2.85. The summed E-state index contributed by atoms with van der Waals surface area (Å²) in [7, 11) is 0. The summed E-state index contributed by atoms with van der Waals surface area (Å²) < 4.78 is 1.55. The van der Waals surface area contributed by atoms with Gasteiger partial charge in [-0.1, -0.05) is 12.1 Å². The smallest absolute Gasteiger partial charge is 0.370 e. The number of carboxylic acids is 1. The summed E-state index contributed by atoms with van der Waals surface area (Å²) in [4.78, 5) is 21.3. The molecule has 0 saturated heterocycles. The lowest BCUT2D eigenvalue weighted by Gasteiger charge is -1.98. The fourth-order valence-corrected chi connectivity index (χ4v) is 1.90. The number of nitrogens with zero attached hydrogens (tertiary/aromatic N) is 2. The number of aliphatic carboxylic acids is 1. The van der Waals surface area contributed by atoms with Gasteiger partial charge in [-0.15, -0.1) is 0 Å². The summed E-state index contributed by atoms with van der Waals surface area (Å²) in [5, 5.41) is 19.8. The van der Waals surface area contributed by atoms with Crippen molar-refractivity contribution in [1.82, 2.24) is 0 Å². The van der Waals surface area contributed by atoms with E-state index in [9.17, 15) is 14.9 Å². The van der Waals surface area contributed by atoms with Crippen LogP contribution in [0.5, 0.6) is 0 Å². The Labute approximate surface area is 120 Å². The molecule has 1 heterocycles. The second kappa shape index (κ2) is 6.42. The van der Waals surface area contributed by atoms with Crippen LogP contribution in [0, 0.1) is 10.1 Å². The highest BCUT2D eigenvalue weighted by atomic mass is 16.6. The van der Waals surface area contributed by atoms with Gasteiger partial charge in [0.1, 0.15) is 0 Å². The highest BCUT2D eigenvalue weighted by Crippen LogP contribution is 2.19. The number of para-hydroxylation sites is 1. The Hall–Kier alpha value is -3.02. The Morgan fingerprint density at radius 2 is 1.90 bits per heavy atom. The van der Waals surface area contributed by atoms with Crippen LogP contribution in [-0.2, 0) is 11.3 Å². The predicted molar refractivity (Wildman–Crippen MR) is 76.3 cm³/mol. The van der Waals surface area contributed by atoms with E-state index in [1.165, 1.54) is 6.07 Å². The van der Waals surface area contributed by atoms with Crippen molar-refractivity contribution in [2.75, 3.05) is 0 Å². The van der Waals surface area contributed by atoms with E-state index in [1.54, 1.807) is 59.3 Å². The maximum absolute atomic E-state index is 10.9. The maximum atomic E-state index is 10.9. The molecule has 0 aliphatic carbocycles. The number of nitro benzene ring substituents is 1. The molecule has 21 heavy (non-hydrogen) atoms. The molecule has 106 valence electrons. The molecule has 0 atom stereocenters. The van der Waals surface area contributed by atoms with Crippen LogP contribution in [0.15, 0.2) is 48.7 Å². The monoisotopic (exact) mass is 285 g/mol. The number of carboxylic acid groups (broad SMARTS) is 1. The van der Waals surface area contributed by atoms with E-state index in [-0.39, 0.29) is 12.2 Å². The van der Waals surface area contributed by atoms with E-state index in [0.29, 0.717) is 11.3 Å². The number of pyridine rings is 1. The molecule has 0 spiro atoms. The lowest BCUT2D eigenvalue weighted by molar-refractivity contribution is -0.687. The van der Waals surface area contributed by atoms with Crippen molar-refractivity contribution in [3.63, 3.8) is 0 Å².